The fourth-order valence-corrected chi connectivity index (χ4v) is 3.36. The molecule has 3 aromatic rings. The first-order valence-electron chi connectivity index (χ1n) is 8.54. The van der Waals surface area contributed by atoms with Crippen molar-refractivity contribution in [2.45, 2.75) is 18.8 Å². The minimum Gasteiger partial charge on any atom is -0.358 e. The zero-order valence-corrected chi connectivity index (χ0v) is 14.0. The number of H-pyrrole nitrogens is 1. The summed E-state index contributed by atoms with van der Waals surface area (Å²) in [6.45, 7) is 0.468. The lowest BCUT2D eigenvalue weighted by molar-refractivity contribution is -0.125. The zero-order valence-electron chi connectivity index (χ0n) is 14.0. The summed E-state index contributed by atoms with van der Waals surface area (Å²) in [6.07, 6.45) is 0.678. The summed E-state index contributed by atoms with van der Waals surface area (Å²) in [5.41, 5.74) is 3.22. The molecule has 0 saturated carbocycles. The summed E-state index contributed by atoms with van der Waals surface area (Å²) in [7, 11) is 0. The molecule has 0 saturated heterocycles. The average Bonchev–Trinajstić information content (AvgIpc) is 3.16. The highest BCUT2D eigenvalue weighted by atomic mass is 19.1. The van der Waals surface area contributed by atoms with Gasteiger partial charge in [-0.2, -0.15) is 0 Å². The molecule has 2 heterocycles. The second kappa shape index (κ2) is 6.63. The van der Waals surface area contributed by atoms with Crippen molar-refractivity contribution in [2.24, 2.45) is 0 Å². The predicted octanol–water partition coefficient (Wildman–Crippen LogP) is 3.09. The van der Waals surface area contributed by atoms with E-state index < -0.39 is 11.7 Å². The van der Waals surface area contributed by atoms with Gasteiger partial charge in [-0.3, -0.25) is 9.59 Å². The van der Waals surface area contributed by atoms with Crippen molar-refractivity contribution in [1.82, 2.24) is 10.3 Å². The molecule has 5 nitrogen and oxygen atoms in total. The number of carbonyl (C=O) groups is 2. The lowest BCUT2D eigenvalue weighted by atomic mass is 9.97. The maximum absolute atomic E-state index is 13.4. The Kier molecular flexibility index (Phi) is 4.16. The highest BCUT2D eigenvalue weighted by Gasteiger charge is 2.32. The van der Waals surface area contributed by atoms with E-state index in [-0.39, 0.29) is 18.2 Å². The molecule has 1 aliphatic rings. The third kappa shape index (κ3) is 3.18. The number of hydrogen-bond acceptors (Lipinski definition) is 2. The van der Waals surface area contributed by atoms with Crippen molar-refractivity contribution in [3.8, 4) is 0 Å². The van der Waals surface area contributed by atoms with E-state index in [0.717, 1.165) is 16.6 Å². The Morgan fingerprint density at radius 2 is 2.00 bits per heavy atom. The van der Waals surface area contributed by atoms with Gasteiger partial charge in [-0.1, -0.05) is 18.2 Å². The van der Waals surface area contributed by atoms with Gasteiger partial charge in [0.1, 0.15) is 5.82 Å². The Labute approximate surface area is 149 Å². The summed E-state index contributed by atoms with van der Waals surface area (Å²) in [5, 5.41) is 6.66. The van der Waals surface area contributed by atoms with Gasteiger partial charge in [0.25, 0.3) is 0 Å². The first kappa shape index (κ1) is 16.3. The summed E-state index contributed by atoms with van der Waals surface area (Å²) < 4.78 is 13.4. The van der Waals surface area contributed by atoms with E-state index in [1.54, 1.807) is 0 Å². The van der Waals surface area contributed by atoms with Crippen LogP contribution < -0.4 is 10.6 Å². The molecule has 1 unspecified atom stereocenters. The van der Waals surface area contributed by atoms with Crippen LogP contribution in [-0.4, -0.2) is 23.3 Å². The van der Waals surface area contributed by atoms with Crippen molar-refractivity contribution in [2.75, 3.05) is 11.9 Å². The molecule has 0 spiro atoms. The van der Waals surface area contributed by atoms with Crippen molar-refractivity contribution >= 4 is 28.4 Å². The standard InChI is InChI=1S/C20H18FN3O2/c21-13-5-6-18-15(10-13)16(20(26)24-18)11-19(25)22-8-7-14-9-12-3-1-2-4-17(12)23-14/h1-6,9-10,16,23H,7-8,11H2,(H,22,25)(H,24,26). The van der Waals surface area contributed by atoms with Gasteiger partial charge in [0.15, 0.2) is 0 Å². The van der Waals surface area contributed by atoms with Crippen LogP contribution in [-0.2, 0) is 16.0 Å². The number of fused-ring (bicyclic) bond motifs is 2. The van der Waals surface area contributed by atoms with Crippen LogP contribution in [0.25, 0.3) is 10.9 Å². The fourth-order valence-electron chi connectivity index (χ4n) is 3.36. The van der Waals surface area contributed by atoms with E-state index in [1.165, 1.54) is 18.2 Å². The number of halogens is 1. The fraction of sp³-hybridized carbons (Fsp3) is 0.200. The van der Waals surface area contributed by atoms with Gasteiger partial charge >= 0.3 is 0 Å². The van der Waals surface area contributed by atoms with Crippen LogP contribution in [0.3, 0.4) is 0 Å². The third-order valence-corrected chi connectivity index (χ3v) is 4.66. The molecule has 2 amide bonds. The molecule has 132 valence electrons. The second-order valence-corrected chi connectivity index (χ2v) is 6.46. The molecule has 3 N–H and O–H groups in total. The number of anilines is 1. The molecule has 1 atom stereocenters. The second-order valence-electron chi connectivity index (χ2n) is 6.46. The van der Waals surface area contributed by atoms with E-state index in [0.29, 0.717) is 24.2 Å². The Morgan fingerprint density at radius 3 is 2.85 bits per heavy atom. The van der Waals surface area contributed by atoms with Gasteiger partial charge in [-0.25, -0.2) is 4.39 Å². The van der Waals surface area contributed by atoms with Crippen LogP contribution in [0.15, 0.2) is 48.5 Å². The molecule has 0 bridgehead atoms. The molecule has 26 heavy (non-hydrogen) atoms. The Hall–Kier alpha value is -3.15. The SMILES string of the molecule is O=C(CC1C(=O)Nc2ccc(F)cc21)NCCc1cc2ccccc2[nH]1. The molecule has 0 fully saturated rings. The molecule has 2 aromatic carbocycles. The molecular weight excluding hydrogens is 333 g/mol. The summed E-state index contributed by atoms with van der Waals surface area (Å²) >= 11 is 0. The summed E-state index contributed by atoms with van der Waals surface area (Å²) in [6, 6.07) is 14.2. The zero-order chi connectivity index (χ0) is 18.1. The highest BCUT2D eigenvalue weighted by molar-refractivity contribution is 6.04. The normalized spacial score (nSPS) is 15.7. The Bertz CT molecular complexity index is 963. The van der Waals surface area contributed by atoms with Crippen molar-refractivity contribution in [3.05, 3.63) is 65.6 Å². The van der Waals surface area contributed by atoms with Crippen LogP contribution in [0.5, 0.6) is 0 Å². The number of para-hydroxylation sites is 1. The van der Waals surface area contributed by atoms with Crippen LogP contribution in [0, 0.1) is 5.82 Å². The quantitative estimate of drug-likeness (QED) is 0.661. The molecule has 6 heteroatoms. The van der Waals surface area contributed by atoms with E-state index in [1.807, 2.05) is 24.3 Å². The number of aromatic amines is 1. The lowest BCUT2D eigenvalue weighted by Crippen LogP contribution is -2.28. The first-order chi connectivity index (χ1) is 12.6. The summed E-state index contributed by atoms with van der Waals surface area (Å²) in [4.78, 5) is 27.6. The van der Waals surface area contributed by atoms with Gasteiger partial charge in [0.05, 0.1) is 5.92 Å². The topological polar surface area (TPSA) is 74.0 Å². The van der Waals surface area contributed by atoms with Gasteiger partial charge < -0.3 is 15.6 Å². The van der Waals surface area contributed by atoms with Gasteiger partial charge in [0, 0.05) is 36.3 Å². The average molecular weight is 351 g/mol. The molecule has 0 aliphatic carbocycles. The van der Waals surface area contributed by atoms with Crippen molar-refractivity contribution in [3.63, 3.8) is 0 Å². The first-order valence-corrected chi connectivity index (χ1v) is 8.54. The summed E-state index contributed by atoms with van der Waals surface area (Å²) in [5.74, 6) is -1.55. The molecule has 4 rings (SSSR count). The largest absolute Gasteiger partial charge is 0.358 e. The van der Waals surface area contributed by atoms with Crippen molar-refractivity contribution < 1.29 is 14.0 Å². The number of aromatic nitrogens is 1. The molecular formula is C20H18FN3O2. The van der Waals surface area contributed by atoms with Crippen LogP contribution in [0.1, 0.15) is 23.6 Å². The lowest BCUT2D eigenvalue weighted by Gasteiger charge is -2.09. The Balaban J connectivity index is 1.34. The van der Waals surface area contributed by atoms with E-state index >= 15 is 0 Å². The van der Waals surface area contributed by atoms with Crippen molar-refractivity contribution in [1.29, 1.82) is 0 Å². The maximum Gasteiger partial charge on any atom is 0.232 e. The van der Waals surface area contributed by atoms with E-state index in [9.17, 15) is 14.0 Å². The Morgan fingerprint density at radius 1 is 1.15 bits per heavy atom. The van der Waals surface area contributed by atoms with Gasteiger partial charge in [-0.05, 0) is 41.3 Å². The minimum absolute atomic E-state index is 0.00892. The van der Waals surface area contributed by atoms with E-state index in [4.69, 9.17) is 0 Å². The van der Waals surface area contributed by atoms with Crippen LogP contribution in [0.4, 0.5) is 10.1 Å². The highest BCUT2D eigenvalue weighted by Crippen LogP contribution is 2.34. The molecule has 1 aliphatic heterocycles. The maximum atomic E-state index is 13.4. The smallest absolute Gasteiger partial charge is 0.232 e. The third-order valence-electron chi connectivity index (χ3n) is 4.66. The number of hydrogen-bond donors (Lipinski definition) is 3. The molecule has 1 aromatic heterocycles. The number of carbonyl (C=O) groups excluding carboxylic acids is 2. The number of benzene rings is 2. The number of amides is 2. The number of rotatable bonds is 5. The molecule has 0 radical (unpaired) electrons. The van der Waals surface area contributed by atoms with Crippen LogP contribution in [0.2, 0.25) is 0 Å². The predicted molar refractivity (Wildman–Crippen MR) is 97.4 cm³/mol. The monoisotopic (exact) mass is 351 g/mol. The van der Waals surface area contributed by atoms with E-state index in [2.05, 4.69) is 21.7 Å². The minimum atomic E-state index is -0.645. The van der Waals surface area contributed by atoms with Gasteiger partial charge in [0.2, 0.25) is 11.8 Å². The van der Waals surface area contributed by atoms with Crippen LogP contribution >= 0.6 is 0 Å². The number of nitrogens with one attached hydrogen (secondary N) is 3. The van der Waals surface area contributed by atoms with Gasteiger partial charge in [-0.15, -0.1) is 0 Å².